The van der Waals surface area contributed by atoms with Crippen molar-refractivity contribution in [3.63, 3.8) is 0 Å². The van der Waals surface area contributed by atoms with Crippen LogP contribution < -0.4 is 5.32 Å². The molecule has 3 heterocycles. The molecule has 180 valence electrons. The maximum atomic E-state index is 14.1. The molecule has 9 nitrogen and oxygen atoms in total. The first-order valence-electron chi connectivity index (χ1n) is 10.2. The number of aliphatic carboxylic acids is 1. The van der Waals surface area contributed by atoms with Crippen LogP contribution >= 0.6 is 0 Å². The third kappa shape index (κ3) is 4.28. The highest BCUT2D eigenvalue weighted by Crippen LogP contribution is 2.40. The second-order valence-electron chi connectivity index (χ2n) is 8.21. The number of esters is 1. The number of halogens is 3. The van der Waals surface area contributed by atoms with E-state index >= 15 is 0 Å². The van der Waals surface area contributed by atoms with Crippen LogP contribution in [0.25, 0.3) is 0 Å². The Morgan fingerprint density at radius 2 is 2.00 bits per heavy atom. The van der Waals surface area contributed by atoms with E-state index in [0.29, 0.717) is 5.56 Å². The summed E-state index contributed by atoms with van der Waals surface area (Å²) >= 11 is 0. The van der Waals surface area contributed by atoms with E-state index in [4.69, 9.17) is 9.26 Å². The van der Waals surface area contributed by atoms with Gasteiger partial charge in [-0.2, -0.15) is 0 Å². The summed E-state index contributed by atoms with van der Waals surface area (Å²) in [6, 6.07) is 5.31. The number of carbonyl (C=O) groups excluding carboxylic acids is 1. The van der Waals surface area contributed by atoms with Gasteiger partial charge in [0.25, 0.3) is 5.92 Å². The van der Waals surface area contributed by atoms with Gasteiger partial charge in [-0.15, -0.1) is 0 Å². The number of hydrogen-bond acceptors (Lipinski definition) is 8. The fraction of sp³-hybridized carbons (Fsp3) is 0.364. The normalized spacial score (nSPS) is 24.5. The molecule has 0 saturated carbocycles. The molecule has 2 atom stereocenters. The van der Waals surface area contributed by atoms with E-state index in [2.05, 4.69) is 15.5 Å². The Hall–Kier alpha value is -3.67. The first-order valence-corrected chi connectivity index (χ1v) is 10.2. The van der Waals surface area contributed by atoms with E-state index in [1.165, 1.54) is 36.6 Å². The molecule has 1 aromatic carbocycles. The van der Waals surface area contributed by atoms with Gasteiger partial charge >= 0.3 is 11.9 Å². The number of ether oxygens (including phenoxy) is 1. The summed E-state index contributed by atoms with van der Waals surface area (Å²) in [5.74, 6) is -5.78. The molecule has 1 fully saturated rings. The van der Waals surface area contributed by atoms with E-state index < -0.39 is 48.2 Å². The van der Waals surface area contributed by atoms with Crippen LogP contribution in [-0.4, -0.2) is 65.1 Å². The Morgan fingerprint density at radius 1 is 1.29 bits per heavy atom. The molecule has 12 heteroatoms. The number of benzene rings is 1. The summed E-state index contributed by atoms with van der Waals surface area (Å²) in [4.78, 5) is 30.3. The summed E-state index contributed by atoms with van der Waals surface area (Å²) in [6.45, 7) is 0.429. The Labute approximate surface area is 191 Å². The number of carbonyl (C=O) groups is 2. The number of hydrogen-bond donors (Lipinski definition) is 2. The van der Waals surface area contributed by atoms with Crippen LogP contribution in [0.4, 0.5) is 13.2 Å². The Bertz CT molecular complexity index is 1160. The third-order valence-corrected chi connectivity index (χ3v) is 5.88. The summed E-state index contributed by atoms with van der Waals surface area (Å²) in [7, 11) is 1.15. The molecule has 2 aromatic rings. The molecule has 0 radical (unpaired) electrons. The zero-order valence-corrected chi connectivity index (χ0v) is 18.2. The number of nitrogens with zero attached hydrogens (tertiary/aromatic N) is 3. The van der Waals surface area contributed by atoms with Crippen LogP contribution in [0.15, 0.2) is 57.4 Å². The molecule has 2 aliphatic heterocycles. The lowest BCUT2D eigenvalue weighted by Crippen LogP contribution is -2.47. The van der Waals surface area contributed by atoms with Crippen molar-refractivity contribution in [1.82, 2.24) is 15.4 Å². The van der Waals surface area contributed by atoms with Gasteiger partial charge in [0.05, 0.1) is 19.2 Å². The van der Waals surface area contributed by atoms with Crippen molar-refractivity contribution in [2.75, 3.05) is 20.2 Å². The molecule has 34 heavy (non-hydrogen) atoms. The van der Waals surface area contributed by atoms with Crippen LogP contribution in [0.3, 0.4) is 0 Å². The van der Waals surface area contributed by atoms with Gasteiger partial charge in [-0.25, -0.2) is 23.0 Å². The number of likely N-dealkylation sites (tertiary alicyclic amines) is 1. The monoisotopic (exact) mass is 478 g/mol. The molecular formula is C22H21F3N4O5. The summed E-state index contributed by atoms with van der Waals surface area (Å²) < 4.78 is 51.7. The van der Waals surface area contributed by atoms with Crippen molar-refractivity contribution in [3.8, 4) is 0 Å². The maximum absolute atomic E-state index is 14.1. The lowest BCUT2D eigenvalue weighted by Gasteiger charge is -2.36. The number of methoxy groups -OCH3 is 1. The number of nitrogens with one attached hydrogen (secondary N) is 1. The summed E-state index contributed by atoms with van der Waals surface area (Å²) in [5, 5.41) is 16.3. The molecule has 2 N–H and O–H groups in total. The van der Waals surface area contributed by atoms with Gasteiger partial charge in [-0.05, 0) is 24.6 Å². The van der Waals surface area contributed by atoms with E-state index in [0.717, 1.165) is 12.0 Å². The summed E-state index contributed by atoms with van der Waals surface area (Å²) in [5.41, 5.74) is -0.702. The first-order chi connectivity index (χ1) is 16.0. The lowest BCUT2D eigenvalue weighted by atomic mass is 9.82. The predicted octanol–water partition coefficient (Wildman–Crippen LogP) is 2.30. The molecule has 1 unspecified atom stereocenters. The molecular weight excluding hydrogens is 457 g/mol. The van der Waals surface area contributed by atoms with Crippen molar-refractivity contribution in [2.24, 2.45) is 4.99 Å². The quantitative estimate of drug-likeness (QED) is 0.608. The largest absolute Gasteiger partial charge is 0.480 e. The molecule has 0 spiro atoms. The fourth-order valence-corrected chi connectivity index (χ4v) is 4.29. The van der Waals surface area contributed by atoms with Crippen molar-refractivity contribution in [3.05, 3.63) is 64.9 Å². The second-order valence-corrected chi connectivity index (χ2v) is 8.21. The van der Waals surface area contributed by atoms with Crippen LogP contribution in [0.1, 0.15) is 24.6 Å². The fourth-order valence-electron chi connectivity index (χ4n) is 4.29. The minimum atomic E-state index is -3.22. The van der Waals surface area contributed by atoms with Gasteiger partial charge in [0.1, 0.15) is 29.4 Å². The van der Waals surface area contributed by atoms with Crippen LogP contribution in [0.2, 0.25) is 0 Å². The number of rotatable bonds is 6. The molecule has 2 aliphatic rings. The number of aromatic nitrogens is 1. The number of carboxylic acid groups (broad SMARTS) is 1. The van der Waals surface area contributed by atoms with Crippen LogP contribution in [-0.2, 0) is 19.9 Å². The molecule has 1 aromatic heterocycles. The predicted molar refractivity (Wildman–Crippen MR) is 112 cm³/mol. The van der Waals surface area contributed by atoms with E-state index in [1.807, 2.05) is 0 Å². The van der Waals surface area contributed by atoms with E-state index in [9.17, 15) is 27.9 Å². The highest BCUT2D eigenvalue weighted by molar-refractivity contribution is 6.03. The van der Waals surface area contributed by atoms with Gasteiger partial charge in [-0.1, -0.05) is 17.3 Å². The molecule has 4 rings (SSSR count). The van der Waals surface area contributed by atoms with E-state index in [1.54, 1.807) is 6.92 Å². The standard InChI is InChI=1S/C22H21F3N4O5/c1-21(12-3-5-13(23)6-4-12)17(20(32)33-2)15(26-18(27-21)14-7-8-34-28-14)10-29-11-22(24,25)9-16(29)19(30)31/h3-8,16H,9-11H2,1-2H3,(H,26,27)(H,30,31)/t16-,21?/m0/s1. The van der Waals surface area contributed by atoms with Gasteiger partial charge in [0, 0.05) is 24.7 Å². The zero-order chi connectivity index (χ0) is 24.7. The van der Waals surface area contributed by atoms with Crippen molar-refractivity contribution >= 4 is 17.8 Å². The smallest absolute Gasteiger partial charge is 0.338 e. The topological polar surface area (TPSA) is 117 Å². The average Bonchev–Trinajstić information content (AvgIpc) is 3.41. The van der Waals surface area contributed by atoms with Gasteiger partial charge < -0.3 is 19.7 Å². The molecule has 0 aliphatic carbocycles. The van der Waals surface area contributed by atoms with Crippen LogP contribution in [0, 0.1) is 5.82 Å². The average molecular weight is 478 g/mol. The van der Waals surface area contributed by atoms with Crippen molar-refractivity contribution in [1.29, 1.82) is 0 Å². The minimum absolute atomic E-state index is 0.0341. The number of amidine groups is 1. The highest BCUT2D eigenvalue weighted by atomic mass is 19.3. The molecule has 1 saturated heterocycles. The van der Waals surface area contributed by atoms with Crippen molar-refractivity contribution < 1.29 is 37.1 Å². The highest BCUT2D eigenvalue weighted by Gasteiger charge is 2.50. The lowest BCUT2D eigenvalue weighted by molar-refractivity contribution is -0.142. The Morgan fingerprint density at radius 3 is 2.59 bits per heavy atom. The molecule has 0 bridgehead atoms. The van der Waals surface area contributed by atoms with Crippen molar-refractivity contribution in [2.45, 2.75) is 30.8 Å². The molecule has 0 amide bonds. The first kappa shape index (κ1) is 23.5. The van der Waals surface area contributed by atoms with Crippen LogP contribution in [0.5, 0.6) is 0 Å². The minimum Gasteiger partial charge on any atom is -0.480 e. The SMILES string of the molecule is COC(=O)C1=C(CN2CC(F)(F)C[C@H]2C(=O)O)NC(c2ccon2)=NC1(C)c1ccc(F)cc1. The number of alkyl halides is 2. The Kier molecular flexibility index (Phi) is 5.94. The maximum Gasteiger partial charge on any atom is 0.338 e. The van der Waals surface area contributed by atoms with Gasteiger partial charge in [-0.3, -0.25) is 9.69 Å². The third-order valence-electron chi connectivity index (χ3n) is 5.88. The van der Waals surface area contributed by atoms with Gasteiger partial charge in [0.15, 0.2) is 5.84 Å². The number of carboxylic acids is 1. The van der Waals surface area contributed by atoms with E-state index in [-0.39, 0.29) is 29.3 Å². The number of aliphatic imine (C=N–C) groups is 1. The van der Waals surface area contributed by atoms with Gasteiger partial charge in [0.2, 0.25) is 0 Å². The summed E-state index contributed by atoms with van der Waals surface area (Å²) in [6.07, 6.45) is 0.443. The second kappa shape index (κ2) is 8.60. The zero-order valence-electron chi connectivity index (χ0n) is 18.2. The Balaban J connectivity index is 1.86.